The molecule has 0 saturated carbocycles. The zero-order chi connectivity index (χ0) is 14.3. The van der Waals surface area contributed by atoms with E-state index in [1.807, 2.05) is 48.9 Å². The van der Waals surface area contributed by atoms with Crippen LogP contribution in [0, 0.1) is 5.82 Å². The number of imidazole rings is 1. The first kappa shape index (κ1) is 12.8. The van der Waals surface area contributed by atoms with Crippen LogP contribution in [0.25, 0.3) is 11.0 Å². The summed E-state index contributed by atoms with van der Waals surface area (Å²) in [5.74, 6) is 0.421. The topological polar surface area (TPSA) is 43.8 Å². The molecule has 1 aromatic heterocycles. The number of aryl methyl sites for hydroxylation is 1. The van der Waals surface area contributed by atoms with Gasteiger partial charge in [0.25, 0.3) is 0 Å². The average molecular weight is 269 g/mol. The highest BCUT2D eigenvalue weighted by Crippen LogP contribution is 2.28. The van der Waals surface area contributed by atoms with Crippen LogP contribution >= 0.6 is 0 Å². The second kappa shape index (κ2) is 4.42. The van der Waals surface area contributed by atoms with Crippen LogP contribution in [0.5, 0.6) is 0 Å². The molecule has 0 amide bonds. The van der Waals surface area contributed by atoms with Gasteiger partial charge in [-0.1, -0.05) is 30.3 Å². The smallest absolute Gasteiger partial charge is 0.134 e. The molecule has 0 bridgehead atoms. The van der Waals surface area contributed by atoms with Crippen molar-refractivity contribution in [2.24, 2.45) is 12.8 Å². The number of rotatable bonds is 2. The lowest BCUT2D eigenvalue weighted by molar-refractivity contribution is 0.538. The van der Waals surface area contributed by atoms with Gasteiger partial charge in [-0.05, 0) is 24.6 Å². The summed E-state index contributed by atoms with van der Waals surface area (Å²) in [5, 5.41) is 0. The fraction of sp³-hybridized carbons (Fsp3) is 0.188. The van der Waals surface area contributed by atoms with E-state index in [9.17, 15) is 4.39 Å². The Morgan fingerprint density at radius 1 is 1.15 bits per heavy atom. The first-order valence-electron chi connectivity index (χ1n) is 6.47. The second-order valence-corrected chi connectivity index (χ2v) is 5.20. The van der Waals surface area contributed by atoms with Gasteiger partial charge in [-0.25, -0.2) is 9.37 Å². The van der Waals surface area contributed by atoms with Crippen LogP contribution in [0.15, 0.2) is 48.5 Å². The maximum atomic E-state index is 13.3. The van der Waals surface area contributed by atoms with E-state index in [2.05, 4.69) is 4.98 Å². The van der Waals surface area contributed by atoms with Crippen LogP contribution in [0.2, 0.25) is 0 Å². The van der Waals surface area contributed by atoms with E-state index in [0.717, 1.165) is 11.1 Å². The Kier molecular flexibility index (Phi) is 2.83. The average Bonchev–Trinajstić information content (AvgIpc) is 2.77. The van der Waals surface area contributed by atoms with Crippen LogP contribution < -0.4 is 5.73 Å². The molecule has 0 saturated heterocycles. The standard InChI is InChI=1S/C16H16FN3/c1-16(18,11-6-4-3-5-7-11)15-19-13-10-12(17)8-9-14(13)20(15)2/h3-10H,18H2,1-2H3. The maximum Gasteiger partial charge on any atom is 0.134 e. The Morgan fingerprint density at radius 2 is 1.85 bits per heavy atom. The lowest BCUT2D eigenvalue weighted by atomic mass is 9.92. The summed E-state index contributed by atoms with van der Waals surface area (Å²) in [6.45, 7) is 1.92. The van der Waals surface area contributed by atoms with Gasteiger partial charge in [0, 0.05) is 13.1 Å². The van der Waals surface area contributed by atoms with Crippen LogP contribution in [0.3, 0.4) is 0 Å². The zero-order valence-electron chi connectivity index (χ0n) is 11.5. The van der Waals surface area contributed by atoms with Gasteiger partial charge in [-0.3, -0.25) is 0 Å². The van der Waals surface area contributed by atoms with Crippen molar-refractivity contribution < 1.29 is 4.39 Å². The molecule has 4 heteroatoms. The van der Waals surface area contributed by atoms with E-state index in [4.69, 9.17) is 5.73 Å². The summed E-state index contributed by atoms with van der Waals surface area (Å²) in [4.78, 5) is 4.52. The van der Waals surface area contributed by atoms with Crippen LogP contribution in [0.4, 0.5) is 4.39 Å². The molecule has 1 unspecified atom stereocenters. The molecule has 1 heterocycles. The summed E-state index contributed by atoms with van der Waals surface area (Å²) >= 11 is 0. The number of hydrogen-bond acceptors (Lipinski definition) is 2. The molecule has 0 spiro atoms. The molecule has 0 aliphatic carbocycles. The van der Waals surface area contributed by atoms with Crippen LogP contribution in [0.1, 0.15) is 18.3 Å². The molecule has 0 fully saturated rings. The van der Waals surface area contributed by atoms with Crippen LogP contribution in [-0.2, 0) is 12.6 Å². The van der Waals surface area contributed by atoms with Gasteiger partial charge in [0.1, 0.15) is 11.6 Å². The number of aromatic nitrogens is 2. The van der Waals surface area contributed by atoms with E-state index in [1.54, 1.807) is 6.07 Å². The summed E-state index contributed by atoms with van der Waals surface area (Å²) < 4.78 is 15.2. The molecule has 0 aliphatic heterocycles. The fourth-order valence-corrected chi connectivity index (χ4v) is 2.55. The molecule has 102 valence electrons. The number of benzene rings is 2. The van der Waals surface area contributed by atoms with E-state index in [-0.39, 0.29) is 5.82 Å². The Morgan fingerprint density at radius 3 is 2.55 bits per heavy atom. The number of nitrogens with zero attached hydrogens (tertiary/aromatic N) is 2. The Balaban J connectivity index is 2.21. The van der Waals surface area contributed by atoms with Crippen molar-refractivity contribution in [3.8, 4) is 0 Å². The minimum atomic E-state index is -0.731. The molecule has 2 aromatic carbocycles. The van der Waals surface area contributed by atoms with Gasteiger partial charge in [0.2, 0.25) is 0 Å². The molecule has 20 heavy (non-hydrogen) atoms. The third-order valence-electron chi connectivity index (χ3n) is 3.68. The number of fused-ring (bicyclic) bond motifs is 1. The summed E-state index contributed by atoms with van der Waals surface area (Å²) in [6, 6.07) is 14.4. The number of halogens is 1. The van der Waals surface area contributed by atoms with Gasteiger partial charge in [0.15, 0.2) is 0 Å². The summed E-state index contributed by atoms with van der Waals surface area (Å²) in [6.07, 6.45) is 0. The molecule has 0 aliphatic rings. The highest BCUT2D eigenvalue weighted by molar-refractivity contribution is 5.76. The first-order chi connectivity index (χ1) is 9.50. The summed E-state index contributed by atoms with van der Waals surface area (Å²) in [7, 11) is 1.90. The summed E-state index contributed by atoms with van der Waals surface area (Å²) in [5.41, 5.74) is 8.22. The molecule has 3 rings (SSSR count). The highest BCUT2D eigenvalue weighted by atomic mass is 19.1. The van der Waals surface area contributed by atoms with Crippen molar-refractivity contribution in [2.45, 2.75) is 12.5 Å². The maximum absolute atomic E-state index is 13.3. The number of hydrogen-bond donors (Lipinski definition) is 1. The molecule has 1 atom stereocenters. The molecule has 0 radical (unpaired) electrons. The van der Waals surface area contributed by atoms with Gasteiger partial charge < -0.3 is 10.3 Å². The van der Waals surface area contributed by atoms with Crippen molar-refractivity contribution in [1.82, 2.24) is 9.55 Å². The Labute approximate surface area is 116 Å². The largest absolute Gasteiger partial charge is 0.329 e. The predicted molar refractivity (Wildman–Crippen MR) is 77.8 cm³/mol. The van der Waals surface area contributed by atoms with E-state index < -0.39 is 5.54 Å². The van der Waals surface area contributed by atoms with E-state index in [1.165, 1.54) is 12.1 Å². The van der Waals surface area contributed by atoms with Gasteiger partial charge in [0.05, 0.1) is 16.6 Å². The molecular formula is C16H16FN3. The third kappa shape index (κ3) is 1.89. The lowest BCUT2D eigenvalue weighted by Gasteiger charge is -2.24. The quantitative estimate of drug-likeness (QED) is 0.777. The first-order valence-corrected chi connectivity index (χ1v) is 6.47. The Bertz CT molecular complexity index is 760. The van der Waals surface area contributed by atoms with E-state index in [0.29, 0.717) is 11.3 Å². The minimum Gasteiger partial charge on any atom is -0.329 e. The molecule has 3 nitrogen and oxygen atoms in total. The van der Waals surface area contributed by atoms with E-state index >= 15 is 0 Å². The Hall–Kier alpha value is -2.20. The predicted octanol–water partition coefficient (Wildman–Crippen LogP) is 2.93. The number of nitrogens with two attached hydrogens (primary N) is 1. The third-order valence-corrected chi connectivity index (χ3v) is 3.68. The SMILES string of the molecule is Cn1c(C(C)(N)c2ccccc2)nc2cc(F)ccc21. The monoisotopic (exact) mass is 269 g/mol. The van der Waals surface area contributed by atoms with Crippen molar-refractivity contribution >= 4 is 11.0 Å². The highest BCUT2D eigenvalue weighted by Gasteiger charge is 2.29. The van der Waals surface area contributed by atoms with Crippen molar-refractivity contribution in [3.63, 3.8) is 0 Å². The van der Waals surface area contributed by atoms with Crippen molar-refractivity contribution in [1.29, 1.82) is 0 Å². The normalized spacial score (nSPS) is 14.4. The second-order valence-electron chi connectivity index (χ2n) is 5.20. The van der Waals surface area contributed by atoms with Crippen LogP contribution in [-0.4, -0.2) is 9.55 Å². The molecule has 2 N–H and O–H groups in total. The minimum absolute atomic E-state index is 0.291. The van der Waals surface area contributed by atoms with Crippen molar-refractivity contribution in [2.75, 3.05) is 0 Å². The zero-order valence-corrected chi connectivity index (χ0v) is 11.5. The lowest BCUT2D eigenvalue weighted by Crippen LogP contribution is -2.37. The fourth-order valence-electron chi connectivity index (χ4n) is 2.55. The molecular weight excluding hydrogens is 253 g/mol. The van der Waals surface area contributed by atoms with Crippen molar-refractivity contribution in [3.05, 3.63) is 65.7 Å². The van der Waals surface area contributed by atoms with Gasteiger partial charge in [-0.15, -0.1) is 0 Å². The van der Waals surface area contributed by atoms with Gasteiger partial charge in [-0.2, -0.15) is 0 Å². The van der Waals surface area contributed by atoms with Gasteiger partial charge >= 0.3 is 0 Å². The molecule has 3 aromatic rings.